The number of hydrazine groups is 1. The molecular weight excluding hydrogens is 224 g/mol. The highest BCUT2D eigenvalue weighted by molar-refractivity contribution is 5.17. The predicted octanol–water partition coefficient (Wildman–Crippen LogP) is 3.30. The van der Waals surface area contributed by atoms with Crippen LogP contribution in [0.3, 0.4) is 0 Å². The second-order valence-corrected chi connectivity index (χ2v) is 5.43. The van der Waals surface area contributed by atoms with E-state index in [1.807, 2.05) is 6.92 Å². The van der Waals surface area contributed by atoms with Gasteiger partial charge in [-0.1, -0.05) is 31.4 Å². The molecule has 0 amide bonds. The molecule has 0 aromatic heterocycles. The van der Waals surface area contributed by atoms with Gasteiger partial charge in [0.05, 0.1) is 11.6 Å². The summed E-state index contributed by atoms with van der Waals surface area (Å²) in [5.41, 5.74) is 4.24. The first-order valence-corrected chi connectivity index (χ1v) is 7.47. The molecule has 0 spiro atoms. The van der Waals surface area contributed by atoms with Crippen molar-refractivity contribution in [2.75, 3.05) is 6.61 Å². The Morgan fingerprint density at radius 3 is 2.67 bits per heavy atom. The topological polar surface area (TPSA) is 47.3 Å². The van der Waals surface area contributed by atoms with E-state index in [0.29, 0.717) is 0 Å². The van der Waals surface area contributed by atoms with Crippen LogP contribution in [0, 0.1) is 0 Å². The van der Waals surface area contributed by atoms with Gasteiger partial charge in [-0.3, -0.25) is 11.3 Å². The van der Waals surface area contributed by atoms with Crippen molar-refractivity contribution in [3.8, 4) is 0 Å². The Bertz CT molecular complexity index is 265. The van der Waals surface area contributed by atoms with E-state index in [4.69, 9.17) is 10.6 Å². The van der Waals surface area contributed by atoms with Gasteiger partial charge in [-0.25, -0.2) is 0 Å². The molecule has 3 nitrogen and oxygen atoms in total. The van der Waals surface area contributed by atoms with Crippen LogP contribution < -0.4 is 11.3 Å². The summed E-state index contributed by atoms with van der Waals surface area (Å²) in [5.74, 6) is 5.81. The van der Waals surface area contributed by atoms with Crippen LogP contribution in [0.4, 0.5) is 0 Å². The lowest BCUT2D eigenvalue weighted by atomic mass is 9.84. The fraction of sp³-hybridized carbons (Fsp3) is 0.867. The largest absolute Gasteiger partial charge is 0.374 e. The maximum Gasteiger partial charge on any atom is 0.0855 e. The lowest BCUT2D eigenvalue weighted by Crippen LogP contribution is -2.54. The summed E-state index contributed by atoms with van der Waals surface area (Å²) < 4.78 is 5.97. The fourth-order valence-electron chi connectivity index (χ4n) is 2.87. The normalized spacial score (nSPS) is 22.6. The molecule has 0 heterocycles. The Morgan fingerprint density at radius 1 is 1.33 bits per heavy atom. The van der Waals surface area contributed by atoms with E-state index in [0.717, 1.165) is 19.4 Å². The van der Waals surface area contributed by atoms with Gasteiger partial charge < -0.3 is 4.74 Å². The number of hydrogen-bond donors (Lipinski definition) is 2. The summed E-state index contributed by atoms with van der Waals surface area (Å²) in [7, 11) is 0. The highest BCUT2D eigenvalue weighted by Gasteiger charge is 2.34. The van der Waals surface area contributed by atoms with E-state index >= 15 is 0 Å². The van der Waals surface area contributed by atoms with Crippen molar-refractivity contribution in [3.63, 3.8) is 0 Å². The molecule has 0 fully saturated rings. The molecule has 1 rings (SSSR count). The Hall–Kier alpha value is -0.380. The van der Waals surface area contributed by atoms with Crippen LogP contribution in [0.2, 0.25) is 0 Å². The van der Waals surface area contributed by atoms with E-state index in [-0.39, 0.29) is 11.6 Å². The average Bonchev–Trinajstić information content (AvgIpc) is 2.32. The molecule has 1 aliphatic rings. The maximum absolute atomic E-state index is 5.97. The lowest BCUT2D eigenvalue weighted by Gasteiger charge is -2.38. The molecule has 0 radical (unpaired) electrons. The van der Waals surface area contributed by atoms with Crippen LogP contribution in [0.1, 0.15) is 65.7 Å². The monoisotopic (exact) mass is 254 g/mol. The number of rotatable bonds is 6. The highest BCUT2D eigenvalue weighted by Crippen LogP contribution is 2.29. The minimum Gasteiger partial charge on any atom is -0.374 e. The number of ether oxygens (including phenoxy) is 1. The summed E-state index contributed by atoms with van der Waals surface area (Å²) in [6, 6.07) is 0.139. The standard InChI is InChI=1S/C15H30N2O/c1-4-15(3,18-5-2)14(17-16)13-11-9-7-6-8-10-12-13/h11,14,17H,4-10,12,16H2,1-3H3. The zero-order valence-electron chi connectivity index (χ0n) is 12.3. The van der Waals surface area contributed by atoms with Crippen LogP contribution in [-0.4, -0.2) is 18.2 Å². The third-order valence-corrected chi connectivity index (χ3v) is 4.15. The van der Waals surface area contributed by atoms with Crippen molar-refractivity contribution >= 4 is 0 Å². The molecule has 3 heteroatoms. The van der Waals surface area contributed by atoms with Gasteiger partial charge in [0.15, 0.2) is 0 Å². The summed E-state index contributed by atoms with van der Waals surface area (Å²) in [4.78, 5) is 0. The van der Waals surface area contributed by atoms with Gasteiger partial charge in [0.1, 0.15) is 0 Å². The first kappa shape index (κ1) is 15.7. The Balaban J connectivity index is 2.84. The Kier molecular flexibility index (Phi) is 6.90. The molecular formula is C15H30N2O. The average molecular weight is 254 g/mol. The van der Waals surface area contributed by atoms with Crippen molar-refractivity contribution in [3.05, 3.63) is 11.6 Å². The van der Waals surface area contributed by atoms with Gasteiger partial charge in [0.2, 0.25) is 0 Å². The third-order valence-electron chi connectivity index (χ3n) is 4.15. The second kappa shape index (κ2) is 7.93. The molecule has 2 unspecified atom stereocenters. The van der Waals surface area contributed by atoms with E-state index < -0.39 is 0 Å². The van der Waals surface area contributed by atoms with Gasteiger partial charge in [0, 0.05) is 6.61 Å². The van der Waals surface area contributed by atoms with Crippen molar-refractivity contribution in [2.45, 2.75) is 77.4 Å². The molecule has 106 valence electrons. The van der Waals surface area contributed by atoms with E-state index in [9.17, 15) is 0 Å². The van der Waals surface area contributed by atoms with Crippen LogP contribution in [0.25, 0.3) is 0 Å². The predicted molar refractivity (Wildman–Crippen MR) is 77.2 cm³/mol. The van der Waals surface area contributed by atoms with Gasteiger partial charge in [-0.15, -0.1) is 0 Å². The quantitative estimate of drug-likeness (QED) is 0.434. The number of nitrogens with one attached hydrogen (secondary N) is 1. The Morgan fingerprint density at radius 2 is 2.06 bits per heavy atom. The Labute approximate surface area is 112 Å². The minimum atomic E-state index is -0.200. The maximum atomic E-state index is 5.97. The lowest BCUT2D eigenvalue weighted by molar-refractivity contribution is -0.0473. The molecule has 0 aliphatic heterocycles. The fourth-order valence-corrected chi connectivity index (χ4v) is 2.87. The molecule has 2 atom stereocenters. The van der Waals surface area contributed by atoms with Crippen molar-refractivity contribution in [1.29, 1.82) is 0 Å². The summed E-state index contributed by atoms with van der Waals surface area (Å²) in [6.07, 6.45) is 11.0. The van der Waals surface area contributed by atoms with Crippen molar-refractivity contribution in [1.82, 2.24) is 5.43 Å². The molecule has 3 N–H and O–H groups in total. The van der Waals surface area contributed by atoms with E-state index in [2.05, 4.69) is 25.3 Å². The van der Waals surface area contributed by atoms with Gasteiger partial charge >= 0.3 is 0 Å². The van der Waals surface area contributed by atoms with Gasteiger partial charge in [-0.05, 0) is 46.0 Å². The smallest absolute Gasteiger partial charge is 0.0855 e. The molecule has 0 aromatic rings. The first-order valence-electron chi connectivity index (χ1n) is 7.47. The highest BCUT2D eigenvalue weighted by atomic mass is 16.5. The zero-order chi connectivity index (χ0) is 13.4. The zero-order valence-corrected chi connectivity index (χ0v) is 12.3. The van der Waals surface area contributed by atoms with E-state index in [1.54, 1.807) is 0 Å². The molecule has 18 heavy (non-hydrogen) atoms. The minimum absolute atomic E-state index is 0.139. The summed E-state index contributed by atoms with van der Waals surface area (Å²) >= 11 is 0. The number of hydrogen-bond acceptors (Lipinski definition) is 3. The summed E-state index contributed by atoms with van der Waals surface area (Å²) in [6.45, 7) is 7.12. The second-order valence-electron chi connectivity index (χ2n) is 5.43. The molecule has 0 saturated heterocycles. The SMILES string of the molecule is CCOC(C)(CC)C(NN)C1=CCCCCCC1. The van der Waals surface area contributed by atoms with Crippen LogP contribution in [0.15, 0.2) is 11.6 Å². The third kappa shape index (κ3) is 4.08. The number of nitrogens with two attached hydrogens (primary N) is 1. The van der Waals surface area contributed by atoms with Crippen LogP contribution >= 0.6 is 0 Å². The summed E-state index contributed by atoms with van der Waals surface area (Å²) in [5, 5.41) is 0. The van der Waals surface area contributed by atoms with Crippen LogP contribution in [-0.2, 0) is 4.74 Å². The molecule has 0 saturated carbocycles. The molecule has 0 aromatic carbocycles. The van der Waals surface area contributed by atoms with Gasteiger partial charge in [-0.2, -0.15) is 0 Å². The number of allylic oxidation sites excluding steroid dienone is 1. The van der Waals surface area contributed by atoms with Gasteiger partial charge in [0.25, 0.3) is 0 Å². The molecule has 0 bridgehead atoms. The van der Waals surface area contributed by atoms with Crippen molar-refractivity contribution < 1.29 is 4.74 Å². The van der Waals surface area contributed by atoms with E-state index in [1.165, 1.54) is 37.7 Å². The first-order chi connectivity index (χ1) is 8.68. The van der Waals surface area contributed by atoms with Crippen LogP contribution in [0.5, 0.6) is 0 Å². The van der Waals surface area contributed by atoms with Crippen molar-refractivity contribution in [2.24, 2.45) is 5.84 Å². The molecule has 1 aliphatic carbocycles.